The lowest BCUT2D eigenvalue weighted by molar-refractivity contribution is 0.219. The van der Waals surface area contributed by atoms with E-state index in [1.807, 2.05) is 31.2 Å². The number of para-hydroxylation sites is 2. The van der Waals surface area contributed by atoms with Gasteiger partial charge in [0.05, 0.1) is 7.11 Å². The van der Waals surface area contributed by atoms with Gasteiger partial charge in [-0.3, -0.25) is 0 Å². The number of nitrogens with two attached hydrogens (primary N) is 1. The first-order valence-electron chi connectivity index (χ1n) is 4.27. The SMILES string of the molecule is COc1ccccc1OC(C)CN.Cl. The molecule has 1 aromatic rings. The third-order valence-electron chi connectivity index (χ3n) is 1.73. The molecule has 0 heterocycles. The molecule has 0 bridgehead atoms. The Balaban J connectivity index is 0.00000169. The maximum Gasteiger partial charge on any atom is 0.161 e. The van der Waals surface area contributed by atoms with Crippen molar-refractivity contribution in [2.24, 2.45) is 5.73 Å². The zero-order valence-electron chi connectivity index (χ0n) is 8.40. The Hall–Kier alpha value is -0.930. The summed E-state index contributed by atoms with van der Waals surface area (Å²) in [5.41, 5.74) is 5.45. The van der Waals surface area contributed by atoms with Crippen molar-refractivity contribution in [1.82, 2.24) is 0 Å². The van der Waals surface area contributed by atoms with Crippen LogP contribution >= 0.6 is 12.4 Å². The Morgan fingerprint density at radius 2 is 1.86 bits per heavy atom. The summed E-state index contributed by atoms with van der Waals surface area (Å²) >= 11 is 0. The molecule has 3 nitrogen and oxygen atoms in total. The number of halogens is 1. The lowest BCUT2D eigenvalue weighted by Gasteiger charge is -2.14. The van der Waals surface area contributed by atoms with Crippen molar-refractivity contribution < 1.29 is 9.47 Å². The second kappa shape index (κ2) is 6.51. The summed E-state index contributed by atoms with van der Waals surface area (Å²) in [7, 11) is 1.62. The van der Waals surface area contributed by atoms with Crippen molar-refractivity contribution in [2.45, 2.75) is 13.0 Å². The molecular weight excluding hydrogens is 202 g/mol. The van der Waals surface area contributed by atoms with Crippen LogP contribution in [-0.2, 0) is 0 Å². The van der Waals surface area contributed by atoms with E-state index >= 15 is 0 Å². The standard InChI is InChI=1S/C10H15NO2.ClH/c1-8(7-11)13-10-6-4-3-5-9(10)12-2;/h3-6,8H,7,11H2,1-2H3;1H. The van der Waals surface area contributed by atoms with Crippen LogP contribution in [0.15, 0.2) is 24.3 Å². The van der Waals surface area contributed by atoms with Crippen LogP contribution in [0.25, 0.3) is 0 Å². The Labute approximate surface area is 90.6 Å². The van der Waals surface area contributed by atoms with Crippen LogP contribution in [0.1, 0.15) is 6.92 Å². The molecule has 1 rings (SSSR count). The number of methoxy groups -OCH3 is 1. The number of rotatable bonds is 4. The van der Waals surface area contributed by atoms with Crippen LogP contribution in [0.4, 0.5) is 0 Å². The fourth-order valence-electron chi connectivity index (χ4n) is 0.981. The molecule has 0 radical (unpaired) electrons. The summed E-state index contributed by atoms with van der Waals surface area (Å²) in [6, 6.07) is 7.53. The molecule has 0 fully saturated rings. The first kappa shape index (κ1) is 13.1. The number of ether oxygens (including phenoxy) is 2. The first-order valence-corrected chi connectivity index (χ1v) is 4.27. The Kier molecular flexibility index (Phi) is 6.08. The van der Waals surface area contributed by atoms with E-state index < -0.39 is 0 Å². The van der Waals surface area contributed by atoms with Crippen molar-refractivity contribution in [1.29, 1.82) is 0 Å². The molecule has 80 valence electrons. The third kappa shape index (κ3) is 3.44. The summed E-state index contributed by atoms with van der Waals surface area (Å²) in [5.74, 6) is 1.48. The van der Waals surface area contributed by atoms with Gasteiger partial charge in [0.1, 0.15) is 6.10 Å². The van der Waals surface area contributed by atoms with Gasteiger partial charge in [-0.15, -0.1) is 12.4 Å². The van der Waals surface area contributed by atoms with E-state index in [0.717, 1.165) is 11.5 Å². The van der Waals surface area contributed by atoms with E-state index in [9.17, 15) is 0 Å². The Morgan fingerprint density at radius 3 is 2.36 bits per heavy atom. The molecule has 2 N–H and O–H groups in total. The molecule has 1 aromatic carbocycles. The van der Waals surface area contributed by atoms with E-state index in [-0.39, 0.29) is 18.5 Å². The summed E-state index contributed by atoms with van der Waals surface area (Å²) in [5, 5.41) is 0. The fraction of sp³-hybridized carbons (Fsp3) is 0.400. The Morgan fingerprint density at radius 1 is 1.29 bits per heavy atom. The van der Waals surface area contributed by atoms with Crippen molar-refractivity contribution >= 4 is 12.4 Å². The molecule has 0 aliphatic carbocycles. The van der Waals surface area contributed by atoms with Gasteiger partial charge >= 0.3 is 0 Å². The Bertz CT molecular complexity index is 268. The summed E-state index contributed by atoms with van der Waals surface area (Å²) < 4.78 is 10.7. The zero-order chi connectivity index (χ0) is 9.68. The van der Waals surface area contributed by atoms with Crippen LogP contribution < -0.4 is 15.2 Å². The van der Waals surface area contributed by atoms with E-state index in [2.05, 4.69) is 0 Å². The molecule has 1 atom stereocenters. The van der Waals surface area contributed by atoms with Gasteiger partial charge in [-0.1, -0.05) is 12.1 Å². The summed E-state index contributed by atoms with van der Waals surface area (Å²) in [6.45, 7) is 2.42. The highest BCUT2D eigenvalue weighted by atomic mass is 35.5. The van der Waals surface area contributed by atoms with Crippen molar-refractivity contribution in [3.8, 4) is 11.5 Å². The van der Waals surface area contributed by atoms with Gasteiger partial charge in [-0.25, -0.2) is 0 Å². The lowest BCUT2D eigenvalue weighted by Crippen LogP contribution is -2.22. The van der Waals surface area contributed by atoms with Crippen molar-refractivity contribution in [2.75, 3.05) is 13.7 Å². The highest BCUT2D eigenvalue weighted by Gasteiger charge is 2.05. The molecule has 14 heavy (non-hydrogen) atoms. The minimum atomic E-state index is 0. The second-order valence-electron chi connectivity index (χ2n) is 2.82. The van der Waals surface area contributed by atoms with Gasteiger partial charge in [0.25, 0.3) is 0 Å². The average Bonchev–Trinajstić information content (AvgIpc) is 2.18. The summed E-state index contributed by atoms with van der Waals surface area (Å²) in [6.07, 6.45) is 0.0105. The maximum atomic E-state index is 5.54. The largest absolute Gasteiger partial charge is 0.493 e. The maximum absolute atomic E-state index is 5.54. The number of benzene rings is 1. The predicted molar refractivity (Wildman–Crippen MR) is 59.4 cm³/mol. The van der Waals surface area contributed by atoms with Gasteiger partial charge in [-0.2, -0.15) is 0 Å². The predicted octanol–water partition coefficient (Wildman–Crippen LogP) is 1.84. The highest BCUT2D eigenvalue weighted by molar-refractivity contribution is 5.85. The van der Waals surface area contributed by atoms with Crippen LogP contribution in [0.2, 0.25) is 0 Å². The molecule has 0 aliphatic heterocycles. The van der Waals surface area contributed by atoms with E-state index in [1.54, 1.807) is 7.11 Å². The van der Waals surface area contributed by atoms with Crippen LogP contribution in [-0.4, -0.2) is 19.8 Å². The first-order chi connectivity index (χ1) is 6.27. The minimum absolute atomic E-state index is 0. The molecular formula is C10H16ClNO2. The molecule has 0 aliphatic rings. The minimum Gasteiger partial charge on any atom is -0.493 e. The smallest absolute Gasteiger partial charge is 0.161 e. The molecule has 0 spiro atoms. The van der Waals surface area contributed by atoms with Gasteiger partial charge in [-0.05, 0) is 19.1 Å². The van der Waals surface area contributed by atoms with Gasteiger partial charge in [0.2, 0.25) is 0 Å². The van der Waals surface area contributed by atoms with Gasteiger partial charge in [0.15, 0.2) is 11.5 Å². The molecule has 0 aromatic heterocycles. The zero-order valence-corrected chi connectivity index (χ0v) is 9.21. The van der Waals surface area contributed by atoms with Crippen LogP contribution in [0, 0.1) is 0 Å². The van der Waals surface area contributed by atoms with E-state index in [1.165, 1.54) is 0 Å². The quantitative estimate of drug-likeness (QED) is 0.837. The average molecular weight is 218 g/mol. The van der Waals surface area contributed by atoms with Crippen LogP contribution in [0.3, 0.4) is 0 Å². The molecule has 4 heteroatoms. The summed E-state index contributed by atoms with van der Waals surface area (Å²) in [4.78, 5) is 0. The van der Waals surface area contributed by atoms with Crippen molar-refractivity contribution in [3.05, 3.63) is 24.3 Å². The second-order valence-corrected chi connectivity index (χ2v) is 2.82. The van der Waals surface area contributed by atoms with Gasteiger partial charge < -0.3 is 15.2 Å². The molecule has 0 amide bonds. The van der Waals surface area contributed by atoms with Crippen molar-refractivity contribution in [3.63, 3.8) is 0 Å². The monoisotopic (exact) mass is 217 g/mol. The molecule has 1 unspecified atom stereocenters. The van der Waals surface area contributed by atoms with Gasteiger partial charge in [0, 0.05) is 6.54 Å². The topological polar surface area (TPSA) is 44.5 Å². The van der Waals surface area contributed by atoms with Crippen LogP contribution in [0.5, 0.6) is 11.5 Å². The normalized spacial score (nSPS) is 11.4. The molecule has 0 saturated heterocycles. The lowest BCUT2D eigenvalue weighted by atomic mass is 10.3. The third-order valence-corrected chi connectivity index (χ3v) is 1.73. The molecule has 0 saturated carbocycles. The van der Waals surface area contributed by atoms with E-state index in [0.29, 0.717) is 6.54 Å². The number of hydrogen-bond acceptors (Lipinski definition) is 3. The number of hydrogen-bond donors (Lipinski definition) is 1. The fourth-order valence-corrected chi connectivity index (χ4v) is 0.981. The van der Waals surface area contributed by atoms with E-state index in [4.69, 9.17) is 15.2 Å². The highest BCUT2D eigenvalue weighted by Crippen LogP contribution is 2.26.